The largest absolute Gasteiger partial charge is 0.489 e. The summed E-state index contributed by atoms with van der Waals surface area (Å²) >= 11 is 0. The lowest BCUT2D eigenvalue weighted by atomic mass is 9.99. The zero-order chi connectivity index (χ0) is 28.8. The maximum atomic E-state index is 12.3. The summed E-state index contributed by atoms with van der Waals surface area (Å²) in [5.74, 6) is 0.944. The Balaban J connectivity index is 1.37. The number of likely N-dealkylation sites (tertiary alicyclic amines) is 1. The van der Waals surface area contributed by atoms with Crippen LogP contribution < -0.4 is 25.6 Å². The Morgan fingerprint density at radius 3 is 2.56 bits per heavy atom. The molecule has 2 saturated heterocycles. The van der Waals surface area contributed by atoms with Gasteiger partial charge >= 0.3 is 0 Å². The van der Waals surface area contributed by atoms with E-state index in [1.54, 1.807) is 0 Å². The van der Waals surface area contributed by atoms with Gasteiger partial charge in [-0.25, -0.2) is 4.98 Å². The Hall–Kier alpha value is -4.62. The Kier molecular flexibility index (Phi) is 8.65. The molecule has 0 aliphatic carbocycles. The van der Waals surface area contributed by atoms with Gasteiger partial charge in [-0.15, -0.1) is 0 Å². The fourth-order valence-electron chi connectivity index (χ4n) is 5.11. The fraction of sp³-hybridized carbons (Fsp3) is 0.355. The summed E-state index contributed by atoms with van der Waals surface area (Å²) in [6.45, 7) is 11.9. The molecule has 0 atom stereocenters. The molecule has 0 bridgehead atoms. The van der Waals surface area contributed by atoms with Crippen molar-refractivity contribution in [3.63, 3.8) is 0 Å². The van der Waals surface area contributed by atoms with Crippen molar-refractivity contribution in [1.29, 1.82) is 5.26 Å². The van der Waals surface area contributed by atoms with E-state index in [1.165, 1.54) is 31.8 Å². The molecule has 10 heteroatoms. The van der Waals surface area contributed by atoms with Crippen molar-refractivity contribution < 1.29 is 9.53 Å². The van der Waals surface area contributed by atoms with Gasteiger partial charge < -0.3 is 30.5 Å². The molecule has 0 radical (unpaired) electrons. The summed E-state index contributed by atoms with van der Waals surface area (Å²) in [6.07, 6.45) is 6.26. The number of hydrogen-bond donors (Lipinski definition) is 3. The lowest BCUT2D eigenvalue weighted by Crippen LogP contribution is -2.50. The highest BCUT2D eigenvalue weighted by Gasteiger charge is 2.28. The number of para-hydroxylation sites is 2. The molecule has 10 nitrogen and oxygen atoms in total. The number of ether oxygens (including phenoxy) is 1. The normalized spacial score (nSPS) is 15.5. The van der Waals surface area contributed by atoms with Crippen molar-refractivity contribution in [2.75, 3.05) is 47.0 Å². The van der Waals surface area contributed by atoms with Gasteiger partial charge in [0.25, 0.3) is 0 Å². The summed E-state index contributed by atoms with van der Waals surface area (Å²) in [4.78, 5) is 26.2. The first-order valence-electron chi connectivity index (χ1n) is 14.1. The number of piperidine rings is 1. The average molecular weight is 553 g/mol. The van der Waals surface area contributed by atoms with Crippen LogP contribution in [0.15, 0.2) is 61.3 Å². The van der Waals surface area contributed by atoms with Crippen molar-refractivity contribution >= 4 is 40.4 Å². The molecule has 5 rings (SSSR count). The molecule has 1 aromatic heterocycles. The lowest BCUT2D eigenvalue weighted by Gasteiger charge is -2.43. The number of benzene rings is 2. The molecule has 0 saturated carbocycles. The van der Waals surface area contributed by atoms with Crippen molar-refractivity contribution in [3.8, 4) is 11.8 Å². The second-order valence-electron chi connectivity index (χ2n) is 10.5. The van der Waals surface area contributed by atoms with Crippen LogP contribution in [0.2, 0.25) is 0 Å². The third-order valence-electron chi connectivity index (χ3n) is 7.34. The van der Waals surface area contributed by atoms with E-state index in [0.29, 0.717) is 34.7 Å². The molecular weight excluding hydrogens is 516 g/mol. The van der Waals surface area contributed by atoms with Crippen molar-refractivity contribution in [1.82, 2.24) is 14.9 Å². The van der Waals surface area contributed by atoms with Crippen LogP contribution in [-0.4, -0.2) is 59.1 Å². The highest BCUT2D eigenvalue weighted by atomic mass is 16.5. The van der Waals surface area contributed by atoms with Crippen molar-refractivity contribution in [2.24, 2.45) is 0 Å². The molecule has 3 aromatic rings. The van der Waals surface area contributed by atoms with Gasteiger partial charge in [0.2, 0.25) is 11.9 Å². The molecule has 3 N–H and O–H groups in total. The quantitative estimate of drug-likeness (QED) is 0.283. The molecular formula is C31H36N8O2. The predicted octanol–water partition coefficient (Wildman–Crippen LogP) is 5.42. The summed E-state index contributed by atoms with van der Waals surface area (Å²) < 4.78 is 5.91. The molecule has 2 aromatic carbocycles. The number of amides is 1. The summed E-state index contributed by atoms with van der Waals surface area (Å²) in [5, 5.41) is 19.0. The Bertz CT molecular complexity index is 1440. The van der Waals surface area contributed by atoms with Crippen LogP contribution in [0.3, 0.4) is 0 Å². The monoisotopic (exact) mass is 552 g/mol. The first kappa shape index (κ1) is 27.9. The van der Waals surface area contributed by atoms with E-state index in [1.807, 2.05) is 56.3 Å². The third-order valence-corrected chi connectivity index (χ3v) is 7.34. The number of carbonyl (C=O) groups is 1. The van der Waals surface area contributed by atoms with Gasteiger partial charge in [-0.3, -0.25) is 4.79 Å². The van der Waals surface area contributed by atoms with Crippen LogP contribution in [0.25, 0.3) is 0 Å². The van der Waals surface area contributed by atoms with Crippen LogP contribution in [0.5, 0.6) is 5.75 Å². The molecule has 1 amide bonds. The molecule has 3 heterocycles. The standard InChI is InChI=1S/C31H36N8O2/c1-4-29(40)34-27-18-24(39-16-12-23(13-17-39)38-14-7-15-38)10-11-25(27)36-31-33-20-22(19-32)30(37-31)35-26-8-5-6-9-28(26)41-21(2)3/h4-6,8-11,18,20-21,23H,1,7,12-17H2,2-3H3,(H,34,40)(H2,33,35,36,37). The maximum Gasteiger partial charge on any atom is 0.247 e. The fourth-order valence-corrected chi connectivity index (χ4v) is 5.11. The molecule has 2 aliphatic rings. The van der Waals surface area contributed by atoms with Crippen LogP contribution in [-0.2, 0) is 4.79 Å². The second kappa shape index (κ2) is 12.7. The average Bonchev–Trinajstić information content (AvgIpc) is 2.94. The molecule has 212 valence electrons. The molecule has 41 heavy (non-hydrogen) atoms. The zero-order valence-electron chi connectivity index (χ0n) is 23.6. The maximum absolute atomic E-state index is 12.3. The first-order valence-corrected chi connectivity index (χ1v) is 14.1. The molecule has 0 spiro atoms. The summed E-state index contributed by atoms with van der Waals surface area (Å²) in [5.41, 5.74) is 3.23. The van der Waals surface area contributed by atoms with E-state index in [-0.39, 0.29) is 23.5 Å². The van der Waals surface area contributed by atoms with Crippen LogP contribution in [0.4, 0.5) is 34.5 Å². The van der Waals surface area contributed by atoms with Gasteiger partial charge in [-0.2, -0.15) is 10.2 Å². The van der Waals surface area contributed by atoms with E-state index < -0.39 is 0 Å². The number of nitrogens with zero attached hydrogens (tertiary/aromatic N) is 5. The first-order chi connectivity index (χ1) is 19.9. The topological polar surface area (TPSA) is 118 Å². The van der Waals surface area contributed by atoms with Gasteiger partial charge in [0, 0.05) is 24.8 Å². The highest BCUT2D eigenvalue weighted by molar-refractivity contribution is 6.02. The van der Waals surface area contributed by atoms with E-state index in [2.05, 4.69) is 48.4 Å². The lowest BCUT2D eigenvalue weighted by molar-refractivity contribution is -0.111. The number of aromatic nitrogens is 2. The van der Waals surface area contributed by atoms with Crippen molar-refractivity contribution in [3.05, 3.63) is 66.9 Å². The SMILES string of the molecule is C=CC(=O)Nc1cc(N2CCC(N3CCC3)CC2)ccc1Nc1ncc(C#N)c(Nc2ccccc2OC(C)C)n1. The molecule has 2 fully saturated rings. The third kappa shape index (κ3) is 6.76. The Morgan fingerprint density at radius 1 is 1.10 bits per heavy atom. The van der Waals surface area contributed by atoms with Crippen LogP contribution in [0, 0.1) is 11.3 Å². The number of nitriles is 1. The van der Waals surface area contributed by atoms with E-state index in [0.717, 1.165) is 31.6 Å². The van der Waals surface area contributed by atoms with Crippen LogP contribution in [0.1, 0.15) is 38.7 Å². The number of hydrogen-bond acceptors (Lipinski definition) is 9. The molecule has 2 aliphatic heterocycles. The number of nitrogens with one attached hydrogen (secondary N) is 3. The van der Waals surface area contributed by atoms with Gasteiger partial charge in [-0.05, 0) is 82.6 Å². The highest BCUT2D eigenvalue weighted by Crippen LogP contribution is 2.33. The van der Waals surface area contributed by atoms with Crippen LogP contribution >= 0.6 is 0 Å². The minimum Gasteiger partial charge on any atom is -0.489 e. The smallest absolute Gasteiger partial charge is 0.247 e. The van der Waals surface area contributed by atoms with Gasteiger partial charge in [0.1, 0.15) is 17.4 Å². The summed E-state index contributed by atoms with van der Waals surface area (Å²) in [7, 11) is 0. The number of carbonyl (C=O) groups excluding carboxylic acids is 1. The second-order valence-corrected chi connectivity index (χ2v) is 10.5. The predicted molar refractivity (Wildman–Crippen MR) is 162 cm³/mol. The summed E-state index contributed by atoms with van der Waals surface area (Å²) in [6, 6.07) is 16.2. The van der Waals surface area contributed by atoms with E-state index in [4.69, 9.17) is 4.74 Å². The van der Waals surface area contributed by atoms with E-state index >= 15 is 0 Å². The van der Waals surface area contributed by atoms with Crippen molar-refractivity contribution in [2.45, 2.75) is 45.3 Å². The molecule has 0 unspecified atom stereocenters. The van der Waals surface area contributed by atoms with E-state index in [9.17, 15) is 10.1 Å². The minimum absolute atomic E-state index is 0.0185. The number of rotatable bonds is 10. The minimum atomic E-state index is -0.313. The Morgan fingerprint density at radius 2 is 1.88 bits per heavy atom. The number of anilines is 6. The van der Waals surface area contributed by atoms with Gasteiger partial charge in [0.15, 0.2) is 5.82 Å². The zero-order valence-corrected chi connectivity index (χ0v) is 23.6. The van der Waals surface area contributed by atoms with Gasteiger partial charge in [0.05, 0.1) is 29.4 Å². The van der Waals surface area contributed by atoms with Gasteiger partial charge in [-0.1, -0.05) is 18.7 Å². The Labute approximate surface area is 241 Å².